The number of primary sulfonamides is 1. The van der Waals surface area contributed by atoms with Crippen molar-refractivity contribution in [2.75, 3.05) is 5.32 Å². The summed E-state index contributed by atoms with van der Waals surface area (Å²) in [6.07, 6.45) is 0. The van der Waals surface area contributed by atoms with E-state index in [2.05, 4.69) is 5.32 Å². The summed E-state index contributed by atoms with van der Waals surface area (Å²) in [5, 5.41) is 7.53. The first-order valence-electron chi connectivity index (χ1n) is 8.21. The number of benzene rings is 3. The Morgan fingerprint density at radius 1 is 0.964 bits per heavy atom. The van der Waals surface area contributed by atoms with E-state index in [1.54, 1.807) is 24.3 Å². The number of carbonyl (C=O) groups is 1. The summed E-state index contributed by atoms with van der Waals surface area (Å²) < 4.78 is 42.4. The Morgan fingerprint density at radius 2 is 1.54 bits per heavy atom. The molecule has 1 amide bonds. The van der Waals surface area contributed by atoms with E-state index in [9.17, 15) is 17.6 Å². The zero-order chi connectivity index (χ0) is 20.3. The monoisotopic (exact) mass is 400 g/mol. The first-order valence-corrected chi connectivity index (χ1v) is 9.75. The van der Waals surface area contributed by atoms with Crippen LogP contribution in [0.1, 0.15) is 15.9 Å². The minimum absolute atomic E-state index is 0.346. The molecule has 3 rings (SSSR count). The molecule has 28 heavy (non-hydrogen) atoms. The quantitative estimate of drug-likeness (QED) is 0.680. The van der Waals surface area contributed by atoms with E-state index < -0.39 is 27.3 Å². The number of hydrogen-bond donors (Lipinski definition) is 2. The highest BCUT2D eigenvalue weighted by molar-refractivity contribution is 7.89. The second-order valence-electron chi connectivity index (χ2n) is 6.08. The standard InChI is InChI=1S/C20H17FN2O4S/c1-13-2-6-15(7-3-13)27-16-8-4-14(5-9-16)23-20(24)18-12-17(28(22,25)26)10-11-19(18)21/h2-12H,1H3,(H,23,24)(H2,22,25,26). The van der Waals surface area contributed by atoms with Crippen molar-refractivity contribution in [3.63, 3.8) is 0 Å². The zero-order valence-electron chi connectivity index (χ0n) is 14.8. The van der Waals surface area contributed by atoms with Crippen LogP contribution >= 0.6 is 0 Å². The van der Waals surface area contributed by atoms with Crippen molar-refractivity contribution >= 4 is 21.6 Å². The number of halogens is 1. The van der Waals surface area contributed by atoms with Crippen molar-refractivity contribution in [2.45, 2.75) is 11.8 Å². The van der Waals surface area contributed by atoms with Crippen molar-refractivity contribution in [1.82, 2.24) is 0 Å². The Bertz CT molecular complexity index is 1110. The van der Waals surface area contributed by atoms with Gasteiger partial charge in [0.2, 0.25) is 10.0 Å². The van der Waals surface area contributed by atoms with Crippen molar-refractivity contribution < 1.29 is 22.3 Å². The van der Waals surface area contributed by atoms with E-state index in [4.69, 9.17) is 9.88 Å². The predicted octanol–water partition coefficient (Wildman–Crippen LogP) is 3.83. The Morgan fingerprint density at radius 3 is 2.11 bits per heavy atom. The lowest BCUT2D eigenvalue weighted by Gasteiger charge is -2.09. The first kappa shape index (κ1) is 19.5. The highest BCUT2D eigenvalue weighted by atomic mass is 32.2. The third kappa shape index (κ3) is 4.73. The minimum atomic E-state index is -4.05. The van der Waals surface area contributed by atoms with Crippen LogP contribution < -0.4 is 15.2 Å². The van der Waals surface area contributed by atoms with Crippen molar-refractivity contribution in [3.05, 3.63) is 83.7 Å². The van der Waals surface area contributed by atoms with Gasteiger partial charge in [0.25, 0.3) is 5.91 Å². The second kappa shape index (κ2) is 7.79. The van der Waals surface area contributed by atoms with Gasteiger partial charge in [-0.15, -0.1) is 0 Å². The molecule has 144 valence electrons. The van der Waals surface area contributed by atoms with Crippen LogP contribution in [0.25, 0.3) is 0 Å². The highest BCUT2D eigenvalue weighted by Crippen LogP contribution is 2.24. The maximum absolute atomic E-state index is 13.9. The summed E-state index contributed by atoms with van der Waals surface area (Å²) >= 11 is 0. The molecule has 3 N–H and O–H groups in total. The Balaban J connectivity index is 1.73. The molecule has 0 fully saturated rings. The maximum atomic E-state index is 13.9. The topological polar surface area (TPSA) is 98.5 Å². The molecule has 0 aromatic heterocycles. The van der Waals surface area contributed by atoms with Crippen LogP contribution in [0, 0.1) is 12.7 Å². The van der Waals surface area contributed by atoms with Crippen molar-refractivity contribution in [1.29, 1.82) is 0 Å². The molecule has 0 aliphatic rings. The van der Waals surface area contributed by atoms with E-state index in [0.717, 1.165) is 23.8 Å². The summed E-state index contributed by atoms with van der Waals surface area (Å²) in [4.78, 5) is 12.0. The lowest BCUT2D eigenvalue weighted by Crippen LogP contribution is -2.17. The molecular formula is C20H17FN2O4S. The van der Waals surface area contributed by atoms with Crippen molar-refractivity contribution in [2.24, 2.45) is 5.14 Å². The molecule has 0 saturated carbocycles. The van der Waals surface area contributed by atoms with Gasteiger partial charge in [-0.05, 0) is 61.5 Å². The summed E-state index contributed by atoms with van der Waals surface area (Å²) in [5.74, 6) is -0.423. The molecule has 0 radical (unpaired) electrons. The van der Waals surface area contributed by atoms with Gasteiger partial charge in [-0.1, -0.05) is 17.7 Å². The molecule has 0 saturated heterocycles. The van der Waals surface area contributed by atoms with Crippen LogP contribution in [-0.2, 0) is 10.0 Å². The number of amides is 1. The molecule has 6 nitrogen and oxygen atoms in total. The number of nitrogens with two attached hydrogens (primary N) is 1. The van der Waals surface area contributed by atoms with Gasteiger partial charge >= 0.3 is 0 Å². The lowest BCUT2D eigenvalue weighted by molar-refractivity contribution is 0.102. The second-order valence-corrected chi connectivity index (χ2v) is 7.64. The van der Waals surface area contributed by atoms with Gasteiger partial charge < -0.3 is 10.1 Å². The van der Waals surface area contributed by atoms with Crippen molar-refractivity contribution in [3.8, 4) is 11.5 Å². The number of rotatable bonds is 5. The predicted molar refractivity (Wildman–Crippen MR) is 103 cm³/mol. The summed E-state index contributed by atoms with van der Waals surface area (Å²) in [5.41, 5.74) is 1.08. The van der Waals surface area contributed by atoms with Gasteiger partial charge in [-0.3, -0.25) is 4.79 Å². The van der Waals surface area contributed by atoms with E-state index in [-0.39, 0.29) is 4.90 Å². The van der Waals surface area contributed by atoms with Crippen LogP contribution in [0.15, 0.2) is 71.6 Å². The summed E-state index contributed by atoms with van der Waals surface area (Å²) in [6, 6.07) is 16.8. The fourth-order valence-electron chi connectivity index (χ4n) is 2.40. The average Bonchev–Trinajstić information content (AvgIpc) is 2.64. The first-order chi connectivity index (χ1) is 13.2. The molecule has 0 spiro atoms. The van der Waals surface area contributed by atoms with Gasteiger partial charge in [0.15, 0.2) is 0 Å². The number of sulfonamides is 1. The van der Waals surface area contributed by atoms with E-state index >= 15 is 0 Å². The van der Waals surface area contributed by atoms with Gasteiger partial charge in [0, 0.05) is 5.69 Å². The molecule has 3 aromatic rings. The summed E-state index contributed by atoms with van der Waals surface area (Å²) in [7, 11) is -4.05. The third-order valence-corrected chi connectivity index (χ3v) is 4.79. The molecule has 0 atom stereocenters. The molecule has 0 unspecified atom stereocenters. The van der Waals surface area contributed by atoms with Gasteiger partial charge in [-0.2, -0.15) is 0 Å². The Hall–Kier alpha value is -3.23. The van der Waals surface area contributed by atoms with Crippen LogP contribution in [0.5, 0.6) is 11.5 Å². The maximum Gasteiger partial charge on any atom is 0.258 e. The fourth-order valence-corrected chi connectivity index (χ4v) is 2.94. The van der Waals surface area contributed by atoms with Gasteiger partial charge in [-0.25, -0.2) is 17.9 Å². The third-order valence-electron chi connectivity index (χ3n) is 3.88. The molecule has 0 aliphatic carbocycles. The molecule has 3 aromatic carbocycles. The average molecular weight is 400 g/mol. The number of anilines is 1. The van der Waals surface area contributed by atoms with Crippen LogP contribution in [0.4, 0.5) is 10.1 Å². The number of hydrogen-bond acceptors (Lipinski definition) is 4. The Labute approximate surface area is 161 Å². The Kier molecular flexibility index (Phi) is 5.43. The van der Waals surface area contributed by atoms with Gasteiger partial charge in [0.05, 0.1) is 10.5 Å². The molecule has 0 heterocycles. The smallest absolute Gasteiger partial charge is 0.258 e. The van der Waals surface area contributed by atoms with Gasteiger partial charge in [0.1, 0.15) is 17.3 Å². The largest absolute Gasteiger partial charge is 0.457 e. The SMILES string of the molecule is Cc1ccc(Oc2ccc(NC(=O)c3cc(S(N)(=O)=O)ccc3F)cc2)cc1. The highest BCUT2D eigenvalue weighted by Gasteiger charge is 2.17. The number of aryl methyl sites for hydroxylation is 1. The summed E-state index contributed by atoms with van der Waals surface area (Å²) in [6.45, 7) is 1.97. The number of carbonyl (C=O) groups excluding carboxylic acids is 1. The van der Waals surface area contributed by atoms with Crippen LogP contribution in [-0.4, -0.2) is 14.3 Å². The number of nitrogens with one attached hydrogen (secondary N) is 1. The normalized spacial score (nSPS) is 11.1. The van der Waals surface area contributed by atoms with E-state index in [0.29, 0.717) is 17.2 Å². The van der Waals surface area contributed by atoms with Crippen LogP contribution in [0.2, 0.25) is 0 Å². The number of ether oxygens (including phenoxy) is 1. The molecule has 0 bridgehead atoms. The molecule has 0 aliphatic heterocycles. The molecular weight excluding hydrogens is 383 g/mol. The van der Waals surface area contributed by atoms with Crippen LogP contribution in [0.3, 0.4) is 0 Å². The minimum Gasteiger partial charge on any atom is -0.457 e. The molecule has 8 heteroatoms. The fraction of sp³-hybridized carbons (Fsp3) is 0.0500. The zero-order valence-corrected chi connectivity index (χ0v) is 15.7. The van der Waals surface area contributed by atoms with E-state index in [1.165, 1.54) is 0 Å². The lowest BCUT2D eigenvalue weighted by atomic mass is 10.2. The van der Waals surface area contributed by atoms with E-state index in [1.807, 2.05) is 31.2 Å².